The van der Waals surface area contributed by atoms with Crippen molar-refractivity contribution < 1.29 is 23.5 Å². The number of aromatic nitrogens is 3. The van der Waals surface area contributed by atoms with Crippen molar-refractivity contribution in [2.75, 3.05) is 11.9 Å². The molecule has 2 aromatic heterocycles. The number of nitrogens with one attached hydrogen (secondary N) is 2. The molecule has 0 spiro atoms. The van der Waals surface area contributed by atoms with Gasteiger partial charge in [-0.1, -0.05) is 19.6 Å². The molecule has 9 nitrogen and oxygen atoms in total. The second-order valence-corrected chi connectivity index (χ2v) is 18.8. The summed E-state index contributed by atoms with van der Waals surface area (Å²) in [5.74, 6) is -1.32. The average Bonchev–Trinajstić information content (AvgIpc) is 3.07. The maximum Gasteiger partial charge on any atom is 0.408 e. The second-order valence-electron chi connectivity index (χ2n) is 11.9. The highest BCUT2D eigenvalue weighted by molar-refractivity contribution is 6.76. The molecule has 0 unspecified atom stereocenters. The molecule has 0 fully saturated rings. The number of halogens is 3. The van der Waals surface area contributed by atoms with Gasteiger partial charge >= 0.3 is 6.09 Å². The Morgan fingerprint density at radius 3 is 2.40 bits per heavy atom. The Morgan fingerprint density at radius 1 is 1.15 bits per heavy atom. The molecule has 0 saturated heterocycles. The molecule has 13 heteroatoms. The van der Waals surface area contributed by atoms with Crippen LogP contribution in [0.4, 0.5) is 15.0 Å². The monoisotopic (exact) mass is 617 g/mol. The third-order valence-corrected chi connectivity index (χ3v) is 8.02. The van der Waals surface area contributed by atoms with Gasteiger partial charge in [0.2, 0.25) is 11.9 Å². The van der Waals surface area contributed by atoms with Crippen LogP contribution in [0.5, 0.6) is 0 Å². The standard InChI is InChI=1S/C27H42Cl2FN5O4Si/c1-17-23(18(2)35(34-17)16-38-14-15-40(6,7)8)19-12-13-22(32-24(19)30)33-25(36)20(10-9-11-21(28)29)31-26(37)39-27(3,4)5/h12-13,20-21H,9-11,14-16H2,1-8H3,(H,31,37)(H,32,33,36)/t20-/m0/s1. The van der Waals surface area contributed by atoms with E-state index in [1.165, 1.54) is 6.07 Å². The van der Waals surface area contributed by atoms with Crippen LogP contribution < -0.4 is 10.6 Å². The van der Waals surface area contributed by atoms with Crippen LogP contribution in [0.2, 0.25) is 25.7 Å². The summed E-state index contributed by atoms with van der Waals surface area (Å²) in [5, 5.41) is 9.67. The van der Waals surface area contributed by atoms with Gasteiger partial charge < -0.3 is 20.1 Å². The molecule has 0 aliphatic rings. The topological polar surface area (TPSA) is 107 Å². The number of carbonyl (C=O) groups excluding carboxylic acids is 2. The molecular formula is C27H42Cl2FN5O4Si. The summed E-state index contributed by atoms with van der Waals surface area (Å²) >= 11 is 11.6. The number of alkyl halides is 2. The number of amides is 2. The van der Waals surface area contributed by atoms with Gasteiger partial charge in [0.1, 0.15) is 29.0 Å². The van der Waals surface area contributed by atoms with Gasteiger partial charge in [0.25, 0.3) is 0 Å². The number of anilines is 1. The number of ether oxygens (including phenoxy) is 2. The number of carbonyl (C=O) groups is 2. The number of hydrogen-bond donors (Lipinski definition) is 2. The van der Waals surface area contributed by atoms with Crippen molar-refractivity contribution in [3.63, 3.8) is 0 Å². The highest BCUT2D eigenvalue weighted by Crippen LogP contribution is 2.29. The molecule has 0 aromatic carbocycles. The van der Waals surface area contributed by atoms with Crippen LogP contribution in [-0.2, 0) is 21.0 Å². The number of pyridine rings is 1. The number of hydrogen-bond acceptors (Lipinski definition) is 6. The number of alkyl carbamates (subject to hydrolysis) is 1. The van der Waals surface area contributed by atoms with Crippen molar-refractivity contribution in [1.82, 2.24) is 20.1 Å². The third-order valence-electron chi connectivity index (χ3n) is 5.88. The summed E-state index contributed by atoms with van der Waals surface area (Å²) < 4.78 is 28.0. The minimum absolute atomic E-state index is 0.00665. The quantitative estimate of drug-likeness (QED) is 0.110. The van der Waals surface area contributed by atoms with E-state index in [-0.39, 0.29) is 24.5 Å². The Balaban J connectivity index is 2.15. The molecule has 0 radical (unpaired) electrons. The van der Waals surface area contributed by atoms with E-state index in [2.05, 4.69) is 40.4 Å². The lowest BCUT2D eigenvalue weighted by Gasteiger charge is -2.23. The summed E-state index contributed by atoms with van der Waals surface area (Å²) in [4.78, 5) is 28.7. The molecule has 2 aromatic rings. The van der Waals surface area contributed by atoms with Gasteiger partial charge in [-0.25, -0.2) is 14.5 Å². The van der Waals surface area contributed by atoms with Crippen molar-refractivity contribution in [2.45, 2.75) is 103 Å². The summed E-state index contributed by atoms with van der Waals surface area (Å²) in [5.41, 5.74) is 1.54. The van der Waals surface area contributed by atoms with Crippen LogP contribution in [0.1, 0.15) is 51.4 Å². The number of rotatable bonds is 13. The maximum absolute atomic E-state index is 15.2. The fourth-order valence-electron chi connectivity index (χ4n) is 3.84. The fraction of sp³-hybridized carbons (Fsp3) is 0.630. The van der Waals surface area contributed by atoms with E-state index in [0.29, 0.717) is 30.7 Å². The third kappa shape index (κ3) is 11.3. The van der Waals surface area contributed by atoms with Gasteiger partial charge in [0.15, 0.2) is 0 Å². The molecule has 2 rings (SSSR count). The average molecular weight is 619 g/mol. The van der Waals surface area contributed by atoms with E-state index in [0.717, 1.165) is 11.7 Å². The largest absolute Gasteiger partial charge is 0.444 e. The maximum atomic E-state index is 15.2. The van der Waals surface area contributed by atoms with Crippen LogP contribution in [0.25, 0.3) is 11.1 Å². The molecule has 0 aliphatic heterocycles. The molecule has 2 amide bonds. The Labute approximate surface area is 247 Å². The van der Waals surface area contributed by atoms with E-state index in [1.54, 1.807) is 38.4 Å². The van der Waals surface area contributed by atoms with Crippen LogP contribution in [0.15, 0.2) is 12.1 Å². The van der Waals surface area contributed by atoms with Crippen LogP contribution >= 0.6 is 23.2 Å². The molecule has 40 heavy (non-hydrogen) atoms. The molecule has 0 bridgehead atoms. The van der Waals surface area contributed by atoms with Crippen molar-refractivity contribution >= 4 is 49.1 Å². The molecule has 0 saturated carbocycles. The smallest absolute Gasteiger partial charge is 0.408 e. The van der Waals surface area contributed by atoms with Gasteiger partial charge in [0, 0.05) is 31.5 Å². The minimum Gasteiger partial charge on any atom is -0.444 e. The SMILES string of the molecule is Cc1nn(COCC[Si](C)(C)C)c(C)c1-c1ccc(NC(=O)[C@H](CCCC(Cl)Cl)NC(=O)OC(C)(C)C)nc1F. The van der Waals surface area contributed by atoms with E-state index in [9.17, 15) is 9.59 Å². The lowest BCUT2D eigenvalue weighted by molar-refractivity contribution is -0.118. The van der Waals surface area contributed by atoms with Crippen molar-refractivity contribution in [3.05, 3.63) is 29.5 Å². The van der Waals surface area contributed by atoms with Gasteiger partial charge in [-0.15, -0.1) is 23.2 Å². The summed E-state index contributed by atoms with van der Waals surface area (Å²) in [6.45, 7) is 16.6. The Kier molecular flexibility index (Phi) is 12.4. The zero-order valence-corrected chi connectivity index (χ0v) is 27.2. The first-order valence-electron chi connectivity index (χ1n) is 13.3. The molecule has 224 valence electrons. The first-order chi connectivity index (χ1) is 18.5. The van der Waals surface area contributed by atoms with Crippen LogP contribution in [0.3, 0.4) is 0 Å². The van der Waals surface area contributed by atoms with Crippen LogP contribution in [-0.4, -0.2) is 57.9 Å². The van der Waals surface area contributed by atoms with Crippen molar-refractivity contribution in [2.24, 2.45) is 0 Å². The van der Waals surface area contributed by atoms with Crippen molar-refractivity contribution in [1.29, 1.82) is 0 Å². The summed E-state index contributed by atoms with van der Waals surface area (Å²) in [6, 6.07) is 3.14. The van der Waals surface area contributed by atoms with Gasteiger partial charge in [0.05, 0.1) is 5.69 Å². The fourth-order valence-corrected chi connectivity index (χ4v) is 4.91. The zero-order chi connectivity index (χ0) is 30.3. The van der Waals surface area contributed by atoms with E-state index < -0.39 is 42.5 Å². The van der Waals surface area contributed by atoms with Gasteiger partial charge in [-0.2, -0.15) is 9.49 Å². The zero-order valence-electron chi connectivity index (χ0n) is 24.7. The Hall–Kier alpha value is -2.21. The normalized spacial score (nSPS) is 12.9. The van der Waals surface area contributed by atoms with Crippen LogP contribution in [0, 0.1) is 19.8 Å². The first kappa shape index (κ1) is 34.0. The molecule has 1 atom stereocenters. The predicted octanol–water partition coefficient (Wildman–Crippen LogP) is 6.82. The minimum atomic E-state index is -1.21. The lowest BCUT2D eigenvalue weighted by Crippen LogP contribution is -2.46. The van der Waals surface area contributed by atoms with E-state index >= 15 is 4.39 Å². The predicted molar refractivity (Wildman–Crippen MR) is 160 cm³/mol. The second kappa shape index (κ2) is 14.6. The summed E-state index contributed by atoms with van der Waals surface area (Å²) in [7, 11) is -1.21. The highest BCUT2D eigenvalue weighted by atomic mass is 35.5. The molecule has 0 aliphatic carbocycles. The number of aryl methyl sites for hydroxylation is 1. The van der Waals surface area contributed by atoms with Crippen molar-refractivity contribution in [3.8, 4) is 11.1 Å². The highest BCUT2D eigenvalue weighted by Gasteiger charge is 2.25. The molecule has 2 heterocycles. The van der Waals surface area contributed by atoms with E-state index in [4.69, 9.17) is 32.7 Å². The Bertz CT molecular complexity index is 1170. The molecule has 2 N–H and O–H groups in total. The number of nitrogens with zero attached hydrogens (tertiary/aromatic N) is 3. The van der Waals surface area contributed by atoms with E-state index in [1.807, 2.05) is 6.92 Å². The summed E-state index contributed by atoms with van der Waals surface area (Å²) in [6.07, 6.45) is 0.402. The Morgan fingerprint density at radius 2 is 1.82 bits per heavy atom. The molecular weight excluding hydrogens is 576 g/mol. The lowest BCUT2D eigenvalue weighted by atomic mass is 10.1. The van der Waals surface area contributed by atoms with Gasteiger partial charge in [-0.3, -0.25) is 4.79 Å². The first-order valence-corrected chi connectivity index (χ1v) is 17.9. The van der Waals surface area contributed by atoms with Gasteiger partial charge in [-0.05, 0) is 72.1 Å².